The van der Waals surface area contributed by atoms with E-state index in [1.807, 2.05) is 18.2 Å². The molecule has 0 unspecified atom stereocenters. The molecule has 0 atom stereocenters. The van der Waals surface area contributed by atoms with Crippen LogP contribution in [0.15, 0.2) is 23.4 Å². The van der Waals surface area contributed by atoms with Crippen LogP contribution in [0.3, 0.4) is 0 Å². The summed E-state index contributed by atoms with van der Waals surface area (Å²) >= 11 is 0. The van der Waals surface area contributed by atoms with Gasteiger partial charge in [-0.25, -0.2) is 0 Å². The second kappa shape index (κ2) is 3.78. The molecule has 0 aliphatic rings. The molecule has 0 aromatic heterocycles. The predicted molar refractivity (Wildman–Crippen MR) is 59.1 cm³/mol. The second-order valence-corrected chi connectivity index (χ2v) is 4.45. The lowest BCUT2D eigenvalue weighted by Gasteiger charge is -2.22. The van der Waals surface area contributed by atoms with Gasteiger partial charge in [0.25, 0.3) is 0 Å². The van der Waals surface area contributed by atoms with E-state index in [9.17, 15) is 4.91 Å². The van der Waals surface area contributed by atoms with Crippen LogP contribution in [-0.4, -0.2) is 0 Å². The highest BCUT2D eigenvalue weighted by Gasteiger charge is 2.17. The largest absolute Gasteiger partial charge is 0.399 e. The number of hydrogen-bond donors (Lipinski definition) is 1. The second-order valence-electron chi connectivity index (χ2n) is 4.45. The van der Waals surface area contributed by atoms with Crippen molar-refractivity contribution in [3.63, 3.8) is 0 Å². The Hall–Kier alpha value is -1.38. The van der Waals surface area contributed by atoms with Crippen LogP contribution in [0.25, 0.3) is 0 Å². The van der Waals surface area contributed by atoms with E-state index in [0.29, 0.717) is 5.69 Å². The number of hydrogen-bond acceptors (Lipinski definition) is 3. The first-order valence-electron chi connectivity index (χ1n) is 4.63. The van der Waals surface area contributed by atoms with Crippen LogP contribution < -0.4 is 5.73 Å². The van der Waals surface area contributed by atoms with Gasteiger partial charge in [0.2, 0.25) is 0 Å². The predicted octanol–water partition coefficient (Wildman–Crippen LogP) is 2.83. The van der Waals surface area contributed by atoms with E-state index >= 15 is 0 Å². The molecule has 1 aromatic rings. The lowest BCUT2D eigenvalue weighted by molar-refractivity contribution is 0.583. The van der Waals surface area contributed by atoms with Crippen molar-refractivity contribution < 1.29 is 0 Å². The Balaban J connectivity index is 3.21. The summed E-state index contributed by atoms with van der Waals surface area (Å²) in [6.07, 6.45) is 0. The molecule has 0 fully saturated rings. The van der Waals surface area contributed by atoms with Gasteiger partial charge in [0, 0.05) is 5.69 Å². The third-order valence-corrected chi connectivity index (χ3v) is 2.17. The van der Waals surface area contributed by atoms with Crippen molar-refractivity contribution in [3.8, 4) is 0 Å². The molecule has 0 saturated heterocycles. The average molecular weight is 192 g/mol. The Kier molecular flexibility index (Phi) is 2.89. The molecule has 1 rings (SSSR count). The zero-order chi connectivity index (χ0) is 10.8. The van der Waals surface area contributed by atoms with Gasteiger partial charge in [-0.3, -0.25) is 0 Å². The SMILES string of the molecule is CC(C)(C)c1ccc(N)cc1CN=O. The van der Waals surface area contributed by atoms with Crippen molar-refractivity contribution in [2.75, 3.05) is 5.73 Å². The van der Waals surface area contributed by atoms with Crippen molar-refractivity contribution >= 4 is 5.69 Å². The Morgan fingerprint density at radius 3 is 2.50 bits per heavy atom. The third kappa shape index (κ3) is 2.31. The number of nitroso groups, excluding NO2 is 1. The fourth-order valence-corrected chi connectivity index (χ4v) is 1.55. The quantitative estimate of drug-likeness (QED) is 0.578. The topological polar surface area (TPSA) is 55.4 Å². The van der Waals surface area contributed by atoms with Crippen molar-refractivity contribution in [3.05, 3.63) is 34.2 Å². The number of nitrogens with zero attached hydrogens (tertiary/aromatic N) is 1. The molecule has 3 nitrogen and oxygen atoms in total. The van der Waals surface area contributed by atoms with Crippen molar-refractivity contribution in [1.82, 2.24) is 0 Å². The highest BCUT2D eigenvalue weighted by atomic mass is 16.3. The van der Waals surface area contributed by atoms with Gasteiger partial charge in [0.15, 0.2) is 0 Å². The number of nitrogen functional groups attached to an aromatic ring is 1. The van der Waals surface area contributed by atoms with E-state index in [-0.39, 0.29) is 12.0 Å². The molecule has 0 radical (unpaired) electrons. The van der Waals surface area contributed by atoms with E-state index in [1.54, 1.807) is 0 Å². The summed E-state index contributed by atoms with van der Waals surface area (Å²) in [7, 11) is 0. The molecule has 3 heteroatoms. The van der Waals surface area contributed by atoms with E-state index in [2.05, 4.69) is 25.9 Å². The molecule has 0 spiro atoms. The summed E-state index contributed by atoms with van der Waals surface area (Å²) in [6.45, 7) is 6.50. The van der Waals surface area contributed by atoms with Gasteiger partial charge < -0.3 is 5.73 Å². The van der Waals surface area contributed by atoms with Crippen molar-refractivity contribution in [2.45, 2.75) is 32.7 Å². The first kappa shape index (κ1) is 10.7. The Morgan fingerprint density at radius 1 is 1.36 bits per heavy atom. The van der Waals surface area contributed by atoms with Gasteiger partial charge in [0.05, 0.1) is 0 Å². The van der Waals surface area contributed by atoms with Gasteiger partial charge in [-0.2, -0.15) is 4.91 Å². The molecule has 0 aliphatic heterocycles. The normalized spacial score (nSPS) is 11.4. The molecular formula is C11H16N2O. The molecule has 0 heterocycles. The molecular weight excluding hydrogens is 176 g/mol. The highest BCUT2D eigenvalue weighted by molar-refractivity contribution is 5.46. The standard InChI is InChI=1S/C11H16N2O/c1-11(2,3)10-5-4-9(12)6-8(10)7-13-14/h4-6H,7,12H2,1-3H3. The Labute approximate surface area is 84.3 Å². The average Bonchev–Trinajstić information content (AvgIpc) is 2.02. The molecule has 0 saturated carbocycles. The maximum Gasteiger partial charge on any atom is 0.106 e. The number of benzene rings is 1. The minimum Gasteiger partial charge on any atom is -0.399 e. The van der Waals surface area contributed by atoms with E-state index < -0.39 is 0 Å². The van der Waals surface area contributed by atoms with Crippen LogP contribution in [0.2, 0.25) is 0 Å². The summed E-state index contributed by atoms with van der Waals surface area (Å²) < 4.78 is 0. The van der Waals surface area contributed by atoms with Crippen LogP contribution in [0.5, 0.6) is 0 Å². The molecule has 76 valence electrons. The zero-order valence-corrected chi connectivity index (χ0v) is 8.87. The third-order valence-electron chi connectivity index (χ3n) is 2.17. The smallest absolute Gasteiger partial charge is 0.106 e. The molecule has 0 amide bonds. The summed E-state index contributed by atoms with van der Waals surface area (Å²) in [4.78, 5) is 10.3. The van der Waals surface area contributed by atoms with Crippen LogP contribution in [-0.2, 0) is 12.0 Å². The fourth-order valence-electron chi connectivity index (χ4n) is 1.55. The highest BCUT2D eigenvalue weighted by Crippen LogP contribution is 2.27. The minimum atomic E-state index is 0.0216. The lowest BCUT2D eigenvalue weighted by atomic mass is 9.83. The monoisotopic (exact) mass is 192 g/mol. The Bertz CT molecular complexity index is 340. The fraction of sp³-hybridized carbons (Fsp3) is 0.455. The first-order chi connectivity index (χ1) is 6.45. The van der Waals surface area contributed by atoms with Crippen LogP contribution in [0.4, 0.5) is 5.69 Å². The van der Waals surface area contributed by atoms with Crippen LogP contribution in [0, 0.1) is 4.91 Å². The summed E-state index contributed by atoms with van der Waals surface area (Å²) in [5.74, 6) is 0. The van der Waals surface area contributed by atoms with Gasteiger partial charge in [-0.15, -0.1) is 0 Å². The first-order valence-corrected chi connectivity index (χ1v) is 4.63. The van der Waals surface area contributed by atoms with Gasteiger partial charge in [-0.05, 0) is 28.7 Å². The van der Waals surface area contributed by atoms with E-state index in [1.165, 1.54) is 0 Å². The van der Waals surface area contributed by atoms with Crippen LogP contribution in [0.1, 0.15) is 31.9 Å². The summed E-state index contributed by atoms with van der Waals surface area (Å²) in [5.41, 5.74) is 8.41. The van der Waals surface area contributed by atoms with Gasteiger partial charge >= 0.3 is 0 Å². The van der Waals surface area contributed by atoms with E-state index in [0.717, 1.165) is 11.1 Å². The number of rotatable bonds is 2. The maximum atomic E-state index is 10.3. The summed E-state index contributed by atoms with van der Waals surface area (Å²) in [5, 5.41) is 2.92. The van der Waals surface area contributed by atoms with Crippen molar-refractivity contribution in [2.24, 2.45) is 5.18 Å². The molecule has 0 bridgehead atoms. The minimum absolute atomic E-state index is 0.0216. The number of anilines is 1. The lowest BCUT2D eigenvalue weighted by Crippen LogP contribution is -2.14. The maximum absolute atomic E-state index is 10.3. The van der Waals surface area contributed by atoms with Gasteiger partial charge in [-0.1, -0.05) is 32.0 Å². The molecule has 1 aromatic carbocycles. The van der Waals surface area contributed by atoms with Crippen LogP contribution >= 0.6 is 0 Å². The Morgan fingerprint density at radius 2 is 2.00 bits per heavy atom. The molecule has 0 aliphatic carbocycles. The number of nitrogens with two attached hydrogens (primary N) is 1. The zero-order valence-electron chi connectivity index (χ0n) is 8.87. The molecule has 2 N–H and O–H groups in total. The van der Waals surface area contributed by atoms with Crippen molar-refractivity contribution in [1.29, 1.82) is 0 Å². The summed E-state index contributed by atoms with van der Waals surface area (Å²) in [6, 6.07) is 5.65. The van der Waals surface area contributed by atoms with E-state index in [4.69, 9.17) is 5.73 Å². The van der Waals surface area contributed by atoms with Gasteiger partial charge in [0.1, 0.15) is 6.54 Å². The molecule has 14 heavy (non-hydrogen) atoms.